The van der Waals surface area contributed by atoms with Crippen molar-refractivity contribution in [3.8, 4) is 22.3 Å². The maximum Gasteiger partial charge on any atom is 0.129 e. The van der Waals surface area contributed by atoms with Crippen LogP contribution in [-0.4, -0.2) is 0 Å². The van der Waals surface area contributed by atoms with Gasteiger partial charge in [-0.05, 0) is 58.2 Å². The molecule has 0 bridgehead atoms. The second-order valence-corrected chi connectivity index (χ2v) is 10.1. The predicted octanol–water partition coefficient (Wildman–Crippen LogP) is 12.1. The number of anilines is 1. The summed E-state index contributed by atoms with van der Waals surface area (Å²) in [4.78, 5) is 2.44. The van der Waals surface area contributed by atoms with Crippen molar-refractivity contribution in [1.82, 2.24) is 5.32 Å². The molecule has 0 aromatic heterocycles. The van der Waals surface area contributed by atoms with Gasteiger partial charge < -0.3 is 10.2 Å². The van der Waals surface area contributed by atoms with Crippen LogP contribution in [0.25, 0.3) is 22.3 Å². The van der Waals surface area contributed by atoms with E-state index in [1.165, 1.54) is 44.6 Å². The fraction of sp³-hybridized carbons (Fsp3) is 0.300. The van der Waals surface area contributed by atoms with Crippen LogP contribution in [0.3, 0.4) is 0 Å². The van der Waals surface area contributed by atoms with Crippen LogP contribution in [-0.2, 0) is 0 Å². The first kappa shape index (κ1) is 34.2. The van der Waals surface area contributed by atoms with Crippen LogP contribution < -0.4 is 10.2 Å². The van der Waals surface area contributed by atoms with E-state index >= 15 is 0 Å². The van der Waals surface area contributed by atoms with Gasteiger partial charge in [0.2, 0.25) is 0 Å². The third-order valence-electron chi connectivity index (χ3n) is 7.43. The van der Waals surface area contributed by atoms with Gasteiger partial charge >= 0.3 is 0 Å². The molecule has 2 heteroatoms. The smallest absolute Gasteiger partial charge is 0.129 e. The molecule has 1 N–H and O–H groups in total. The van der Waals surface area contributed by atoms with Crippen LogP contribution in [0.5, 0.6) is 0 Å². The number of hydrogen-bond donors (Lipinski definition) is 1. The van der Waals surface area contributed by atoms with E-state index in [1.54, 1.807) is 0 Å². The van der Waals surface area contributed by atoms with Crippen LogP contribution in [0.4, 0.5) is 5.69 Å². The number of rotatable bonds is 7. The van der Waals surface area contributed by atoms with E-state index in [0.29, 0.717) is 11.8 Å². The molecule has 0 amide bonds. The van der Waals surface area contributed by atoms with Gasteiger partial charge in [0, 0.05) is 23.5 Å². The van der Waals surface area contributed by atoms with Crippen molar-refractivity contribution < 1.29 is 0 Å². The quantitative estimate of drug-likeness (QED) is 0.226. The molecule has 4 aromatic rings. The van der Waals surface area contributed by atoms with Crippen molar-refractivity contribution in [2.24, 2.45) is 0 Å². The van der Waals surface area contributed by atoms with Gasteiger partial charge in [0.15, 0.2) is 0 Å². The number of benzene rings is 4. The first-order valence-corrected chi connectivity index (χ1v) is 15.7. The van der Waals surface area contributed by atoms with E-state index in [0.717, 1.165) is 6.42 Å². The lowest BCUT2D eigenvalue weighted by Crippen LogP contribution is -2.29. The molecule has 2 atom stereocenters. The lowest BCUT2D eigenvalue weighted by molar-refractivity contribution is 0.637. The Kier molecular flexibility index (Phi) is 14.4. The van der Waals surface area contributed by atoms with Crippen molar-refractivity contribution in [3.63, 3.8) is 0 Å². The molecular weight excluding hydrogens is 508 g/mol. The minimum atomic E-state index is 0.0324. The highest BCUT2D eigenvalue weighted by molar-refractivity contribution is 5.93. The van der Waals surface area contributed by atoms with Gasteiger partial charge in [-0.3, -0.25) is 0 Å². The lowest BCUT2D eigenvalue weighted by atomic mass is 9.88. The fourth-order valence-electron chi connectivity index (χ4n) is 5.20. The van der Waals surface area contributed by atoms with Crippen molar-refractivity contribution >= 4 is 5.69 Å². The van der Waals surface area contributed by atoms with Crippen molar-refractivity contribution in [3.05, 3.63) is 139 Å². The van der Waals surface area contributed by atoms with E-state index < -0.39 is 0 Å². The Bertz CT molecular complexity index is 1290. The highest BCUT2D eigenvalue weighted by Crippen LogP contribution is 2.46. The van der Waals surface area contributed by atoms with E-state index in [2.05, 4.69) is 161 Å². The van der Waals surface area contributed by atoms with Crippen LogP contribution in [0.15, 0.2) is 123 Å². The summed E-state index contributed by atoms with van der Waals surface area (Å²) in [6.07, 6.45) is 5.45. The SMILES string of the molecule is C=C.CC.CC.CCC(C)c1ccccc1C1NC=CN1c1c(-c2ccccc2)cc(C(C)C)cc1-c1ccccc1. The molecule has 2 nitrogen and oxygen atoms in total. The Hall–Kier alpha value is -4.04. The zero-order valence-corrected chi connectivity index (χ0v) is 27.2. The average molecular weight is 561 g/mol. The summed E-state index contributed by atoms with van der Waals surface area (Å²) in [5, 5.41) is 3.68. The third-order valence-corrected chi connectivity index (χ3v) is 7.43. The molecule has 1 aliphatic heterocycles. The van der Waals surface area contributed by atoms with Gasteiger partial charge in [-0.1, -0.05) is 140 Å². The van der Waals surface area contributed by atoms with Crippen molar-refractivity contribution in [2.45, 2.75) is 79.8 Å². The molecule has 5 rings (SSSR count). The molecular formula is C40H52N2. The summed E-state index contributed by atoms with van der Waals surface area (Å²) in [5.41, 5.74) is 10.3. The summed E-state index contributed by atoms with van der Waals surface area (Å²) in [7, 11) is 0. The summed E-state index contributed by atoms with van der Waals surface area (Å²) >= 11 is 0. The molecule has 0 spiro atoms. The monoisotopic (exact) mass is 560 g/mol. The topological polar surface area (TPSA) is 15.3 Å². The van der Waals surface area contributed by atoms with E-state index in [4.69, 9.17) is 0 Å². The van der Waals surface area contributed by atoms with E-state index in [9.17, 15) is 0 Å². The molecule has 0 saturated heterocycles. The fourth-order valence-corrected chi connectivity index (χ4v) is 5.20. The molecule has 4 aromatic carbocycles. The molecule has 0 fully saturated rings. The standard InChI is InChI=1S/C34H36N2.2C2H6.C2H4/c1-5-25(4)29-18-12-13-19-30(29)34-35-20-21-36(34)33-31(26-14-8-6-9-15-26)22-28(24(2)3)23-32(33)27-16-10-7-11-17-27;3*1-2/h6-25,34-35H,5H2,1-4H3;2*1-2H3;1-2H2. The Morgan fingerprint density at radius 2 is 1.19 bits per heavy atom. The Labute approximate surface area is 256 Å². The number of hydrogen-bond acceptors (Lipinski definition) is 2. The first-order chi connectivity index (χ1) is 20.6. The summed E-state index contributed by atoms with van der Waals surface area (Å²) < 4.78 is 0. The highest BCUT2D eigenvalue weighted by Gasteiger charge is 2.30. The molecule has 1 heterocycles. The minimum Gasteiger partial charge on any atom is -0.366 e. The van der Waals surface area contributed by atoms with Crippen molar-refractivity contribution in [2.75, 3.05) is 4.90 Å². The minimum absolute atomic E-state index is 0.0324. The van der Waals surface area contributed by atoms with Crippen LogP contribution in [0, 0.1) is 0 Å². The normalized spacial score (nSPS) is 13.9. The van der Waals surface area contributed by atoms with Gasteiger partial charge in [0.05, 0.1) is 5.69 Å². The molecule has 0 aliphatic carbocycles. The second kappa shape index (κ2) is 17.7. The zero-order chi connectivity index (χ0) is 31.1. The van der Waals surface area contributed by atoms with Gasteiger partial charge in [0.1, 0.15) is 6.17 Å². The van der Waals surface area contributed by atoms with Crippen molar-refractivity contribution in [1.29, 1.82) is 0 Å². The third kappa shape index (κ3) is 7.82. The summed E-state index contributed by atoms with van der Waals surface area (Å²) in [6.45, 7) is 23.2. The maximum absolute atomic E-state index is 3.68. The molecule has 0 radical (unpaired) electrons. The summed E-state index contributed by atoms with van der Waals surface area (Å²) in [6, 6.07) is 35.3. The number of nitrogens with zero attached hydrogens (tertiary/aromatic N) is 1. The average Bonchev–Trinajstić information content (AvgIpc) is 3.57. The first-order valence-electron chi connectivity index (χ1n) is 15.7. The maximum atomic E-state index is 3.68. The van der Waals surface area contributed by atoms with Gasteiger partial charge in [-0.2, -0.15) is 0 Å². The molecule has 42 heavy (non-hydrogen) atoms. The predicted molar refractivity (Wildman–Crippen MR) is 188 cm³/mol. The molecule has 1 aliphatic rings. The molecule has 0 saturated carbocycles. The van der Waals surface area contributed by atoms with Crippen LogP contribution >= 0.6 is 0 Å². The van der Waals surface area contributed by atoms with Gasteiger partial charge in [-0.15, -0.1) is 13.2 Å². The second-order valence-electron chi connectivity index (χ2n) is 10.1. The van der Waals surface area contributed by atoms with Crippen LogP contribution in [0.1, 0.15) is 96.5 Å². The lowest BCUT2D eigenvalue weighted by Gasteiger charge is -2.33. The van der Waals surface area contributed by atoms with Crippen LogP contribution in [0.2, 0.25) is 0 Å². The van der Waals surface area contributed by atoms with E-state index in [-0.39, 0.29) is 6.17 Å². The summed E-state index contributed by atoms with van der Waals surface area (Å²) in [5.74, 6) is 0.925. The highest BCUT2D eigenvalue weighted by atomic mass is 15.3. The molecule has 2 unspecified atom stereocenters. The Morgan fingerprint density at radius 1 is 0.714 bits per heavy atom. The Morgan fingerprint density at radius 3 is 1.67 bits per heavy atom. The molecule has 222 valence electrons. The number of nitrogens with one attached hydrogen (secondary N) is 1. The van der Waals surface area contributed by atoms with Gasteiger partial charge in [-0.25, -0.2) is 0 Å². The Balaban J connectivity index is 0.000000966. The zero-order valence-electron chi connectivity index (χ0n) is 27.2. The largest absolute Gasteiger partial charge is 0.366 e. The van der Waals surface area contributed by atoms with E-state index in [1.807, 2.05) is 27.7 Å². The van der Waals surface area contributed by atoms with Gasteiger partial charge in [0.25, 0.3) is 0 Å².